The van der Waals surface area contributed by atoms with Crippen LogP contribution in [0.5, 0.6) is 0 Å². The molecule has 1 saturated heterocycles. The lowest BCUT2D eigenvalue weighted by Gasteiger charge is -2.31. The molecule has 0 aromatic carbocycles. The maximum Gasteiger partial charge on any atom is 0.240 e. The zero-order valence-electron chi connectivity index (χ0n) is 12.5. The van der Waals surface area contributed by atoms with Crippen molar-refractivity contribution in [3.8, 4) is 6.07 Å². The van der Waals surface area contributed by atoms with Gasteiger partial charge in [-0.3, -0.25) is 4.79 Å². The van der Waals surface area contributed by atoms with Gasteiger partial charge in [0, 0.05) is 19.8 Å². The van der Waals surface area contributed by atoms with Gasteiger partial charge in [0.1, 0.15) is 5.41 Å². The van der Waals surface area contributed by atoms with Crippen LogP contribution in [0.2, 0.25) is 0 Å². The van der Waals surface area contributed by atoms with Crippen molar-refractivity contribution in [3.63, 3.8) is 0 Å². The Hall–Kier alpha value is -1.08. The lowest BCUT2D eigenvalue weighted by molar-refractivity contribution is -0.132. The summed E-state index contributed by atoms with van der Waals surface area (Å²) < 4.78 is 5.26. The van der Waals surface area contributed by atoms with Crippen LogP contribution in [0, 0.1) is 28.6 Å². The van der Waals surface area contributed by atoms with Crippen molar-refractivity contribution in [2.45, 2.75) is 51.9 Å². The average Bonchev–Trinajstić information content (AvgIpc) is 2.53. The molecule has 4 heteroatoms. The van der Waals surface area contributed by atoms with Crippen LogP contribution in [-0.2, 0) is 9.53 Å². The summed E-state index contributed by atoms with van der Waals surface area (Å²) in [6, 6.07) is 2.23. The third-order valence-electron chi connectivity index (χ3n) is 5.09. The molecule has 20 heavy (non-hydrogen) atoms. The Morgan fingerprint density at radius 3 is 2.40 bits per heavy atom. The van der Waals surface area contributed by atoms with Crippen molar-refractivity contribution >= 4 is 5.91 Å². The average molecular weight is 278 g/mol. The first-order valence-corrected chi connectivity index (χ1v) is 7.97. The molecule has 1 heterocycles. The molecule has 4 nitrogen and oxygen atoms in total. The van der Waals surface area contributed by atoms with Gasteiger partial charge in [-0.05, 0) is 37.5 Å². The third-order valence-corrected chi connectivity index (χ3v) is 5.09. The molecule has 0 atom stereocenters. The molecular weight excluding hydrogens is 252 g/mol. The molecule has 0 unspecified atom stereocenters. The molecule has 1 aliphatic carbocycles. The molecule has 0 bridgehead atoms. The normalized spacial score (nSPS) is 29.4. The fraction of sp³-hybridized carbons (Fsp3) is 0.875. The van der Waals surface area contributed by atoms with Crippen molar-refractivity contribution < 1.29 is 9.53 Å². The van der Waals surface area contributed by atoms with Gasteiger partial charge in [-0.25, -0.2) is 0 Å². The highest BCUT2D eigenvalue weighted by Crippen LogP contribution is 2.32. The molecular formula is C16H26N2O2. The maximum atomic E-state index is 12.3. The minimum Gasteiger partial charge on any atom is -0.381 e. The van der Waals surface area contributed by atoms with E-state index < -0.39 is 5.41 Å². The number of hydrogen-bond donors (Lipinski definition) is 1. The number of carbonyl (C=O) groups is 1. The molecule has 2 aliphatic rings. The van der Waals surface area contributed by atoms with Gasteiger partial charge in [0.2, 0.25) is 5.91 Å². The number of nitriles is 1. The lowest BCUT2D eigenvalue weighted by Crippen LogP contribution is -2.45. The Kier molecular flexibility index (Phi) is 5.42. The summed E-state index contributed by atoms with van der Waals surface area (Å²) >= 11 is 0. The topological polar surface area (TPSA) is 62.1 Å². The summed E-state index contributed by atoms with van der Waals surface area (Å²) in [6.07, 6.45) is 7.32. The zero-order chi connectivity index (χ0) is 14.4. The van der Waals surface area contributed by atoms with Crippen molar-refractivity contribution in [2.24, 2.45) is 17.3 Å². The Bertz CT molecular complexity index is 361. The highest BCUT2D eigenvalue weighted by atomic mass is 16.5. The first kappa shape index (κ1) is 15.3. The van der Waals surface area contributed by atoms with E-state index in [1.807, 2.05) is 0 Å². The molecule has 112 valence electrons. The second-order valence-electron chi connectivity index (χ2n) is 6.31. The van der Waals surface area contributed by atoms with Crippen LogP contribution in [0.25, 0.3) is 0 Å². The smallest absolute Gasteiger partial charge is 0.240 e. The van der Waals surface area contributed by atoms with Crippen LogP contribution in [0.4, 0.5) is 0 Å². The SMILES string of the molecule is CCC1CCC(CNC(=O)C2(C#N)CCOCC2)CC1. The van der Waals surface area contributed by atoms with Gasteiger partial charge in [0.25, 0.3) is 0 Å². The van der Waals surface area contributed by atoms with Crippen LogP contribution in [-0.4, -0.2) is 25.7 Å². The monoisotopic (exact) mass is 278 g/mol. The summed E-state index contributed by atoms with van der Waals surface area (Å²) in [5.41, 5.74) is -0.848. The number of nitrogens with zero attached hydrogens (tertiary/aromatic N) is 1. The van der Waals surface area contributed by atoms with Crippen molar-refractivity contribution in [2.75, 3.05) is 19.8 Å². The number of hydrogen-bond acceptors (Lipinski definition) is 3. The van der Waals surface area contributed by atoms with E-state index in [0.717, 1.165) is 12.5 Å². The summed E-state index contributed by atoms with van der Waals surface area (Å²) in [6.45, 7) is 4.03. The van der Waals surface area contributed by atoms with Crippen molar-refractivity contribution in [1.82, 2.24) is 5.32 Å². The van der Waals surface area contributed by atoms with E-state index in [0.29, 0.717) is 32.0 Å². The summed E-state index contributed by atoms with van der Waals surface area (Å²) in [7, 11) is 0. The molecule has 0 spiro atoms. The van der Waals surface area contributed by atoms with E-state index in [1.54, 1.807) is 0 Å². The van der Waals surface area contributed by atoms with E-state index in [2.05, 4.69) is 18.3 Å². The quantitative estimate of drug-likeness (QED) is 0.860. The molecule has 0 radical (unpaired) electrons. The van der Waals surface area contributed by atoms with Gasteiger partial charge >= 0.3 is 0 Å². The predicted octanol–water partition coefficient (Wildman–Crippen LogP) is 2.64. The Morgan fingerprint density at radius 2 is 1.85 bits per heavy atom. The minimum absolute atomic E-state index is 0.0825. The lowest BCUT2D eigenvalue weighted by atomic mass is 9.79. The number of rotatable bonds is 4. The van der Waals surface area contributed by atoms with Crippen LogP contribution in [0.15, 0.2) is 0 Å². The Morgan fingerprint density at radius 1 is 1.25 bits per heavy atom. The van der Waals surface area contributed by atoms with Crippen LogP contribution >= 0.6 is 0 Å². The number of nitrogens with one attached hydrogen (secondary N) is 1. The van der Waals surface area contributed by atoms with E-state index in [9.17, 15) is 10.1 Å². The second-order valence-corrected chi connectivity index (χ2v) is 6.31. The van der Waals surface area contributed by atoms with Crippen molar-refractivity contribution in [1.29, 1.82) is 5.26 Å². The fourth-order valence-electron chi connectivity index (χ4n) is 3.36. The first-order chi connectivity index (χ1) is 9.70. The zero-order valence-corrected chi connectivity index (χ0v) is 12.5. The van der Waals surface area contributed by atoms with Gasteiger partial charge < -0.3 is 10.1 Å². The van der Waals surface area contributed by atoms with E-state index >= 15 is 0 Å². The van der Waals surface area contributed by atoms with Gasteiger partial charge in [-0.15, -0.1) is 0 Å². The molecule has 1 saturated carbocycles. The molecule has 1 amide bonds. The fourth-order valence-corrected chi connectivity index (χ4v) is 3.36. The number of amides is 1. The predicted molar refractivity (Wildman–Crippen MR) is 76.8 cm³/mol. The number of carbonyl (C=O) groups excluding carboxylic acids is 1. The second kappa shape index (κ2) is 7.08. The van der Waals surface area contributed by atoms with E-state index in [4.69, 9.17) is 4.74 Å². The van der Waals surface area contributed by atoms with E-state index in [1.165, 1.54) is 32.1 Å². The maximum absolute atomic E-state index is 12.3. The molecule has 1 aliphatic heterocycles. The van der Waals surface area contributed by atoms with Crippen LogP contribution in [0.3, 0.4) is 0 Å². The molecule has 2 rings (SSSR count). The van der Waals surface area contributed by atoms with E-state index in [-0.39, 0.29) is 5.91 Å². The molecule has 1 N–H and O–H groups in total. The first-order valence-electron chi connectivity index (χ1n) is 7.97. The van der Waals surface area contributed by atoms with Gasteiger partial charge in [-0.1, -0.05) is 26.2 Å². The highest BCUT2D eigenvalue weighted by Gasteiger charge is 2.40. The summed E-state index contributed by atoms with van der Waals surface area (Å²) in [5.74, 6) is 1.39. The minimum atomic E-state index is -0.848. The molecule has 2 fully saturated rings. The summed E-state index contributed by atoms with van der Waals surface area (Å²) in [4.78, 5) is 12.3. The Labute approximate surface area is 121 Å². The molecule has 0 aromatic heterocycles. The van der Waals surface area contributed by atoms with Gasteiger partial charge in [-0.2, -0.15) is 5.26 Å². The van der Waals surface area contributed by atoms with Crippen LogP contribution in [0.1, 0.15) is 51.9 Å². The van der Waals surface area contributed by atoms with Gasteiger partial charge in [0.15, 0.2) is 0 Å². The largest absolute Gasteiger partial charge is 0.381 e. The standard InChI is InChI=1S/C16H26N2O2/c1-2-13-3-5-14(6-4-13)11-18-15(19)16(12-17)7-9-20-10-8-16/h13-14H,2-11H2,1H3,(H,18,19). The van der Waals surface area contributed by atoms with Crippen molar-refractivity contribution in [3.05, 3.63) is 0 Å². The third kappa shape index (κ3) is 3.52. The molecule has 0 aromatic rings. The highest BCUT2D eigenvalue weighted by molar-refractivity contribution is 5.85. The van der Waals surface area contributed by atoms with Crippen LogP contribution < -0.4 is 5.32 Å². The number of ether oxygens (including phenoxy) is 1. The summed E-state index contributed by atoms with van der Waals surface area (Å²) in [5, 5.41) is 12.4. The van der Waals surface area contributed by atoms with Gasteiger partial charge in [0.05, 0.1) is 6.07 Å². The Balaban J connectivity index is 1.79.